The SMILES string of the molecule is C\C=C/N=C(Nc1ccc(C(=O)NC(CC)(CC)CN)cc1)\C(C)=N\C=C(/C)C1=C(F)C(F)C(NC)C=C1. The lowest BCUT2D eigenvalue weighted by molar-refractivity contribution is 0.0895. The molecule has 2 atom stereocenters. The number of halogens is 2. The minimum Gasteiger partial charge on any atom is -0.345 e. The Morgan fingerprint density at radius 3 is 2.37 bits per heavy atom. The first kappa shape index (κ1) is 30.8. The minimum atomic E-state index is -1.75. The van der Waals surface area contributed by atoms with Crippen molar-refractivity contribution in [3.8, 4) is 0 Å². The predicted octanol–water partition coefficient (Wildman–Crippen LogP) is 5.36. The van der Waals surface area contributed by atoms with E-state index in [1.54, 1.807) is 69.6 Å². The first-order valence-corrected chi connectivity index (χ1v) is 12.8. The highest BCUT2D eigenvalue weighted by Gasteiger charge is 2.28. The van der Waals surface area contributed by atoms with Crippen molar-refractivity contribution < 1.29 is 13.6 Å². The molecule has 1 aliphatic carbocycles. The van der Waals surface area contributed by atoms with Crippen molar-refractivity contribution in [2.45, 2.75) is 65.2 Å². The molecule has 0 saturated heterocycles. The molecule has 1 amide bonds. The number of nitrogens with two attached hydrogens (primary N) is 1. The van der Waals surface area contributed by atoms with E-state index in [0.29, 0.717) is 34.9 Å². The van der Waals surface area contributed by atoms with E-state index < -0.39 is 23.6 Å². The first-order valence-electron chi connectivity index (χ1n) is 12.8. The summed E-state index contributed by atoms with van der Waals surface area (Å²) in [5, 5.41) is 9.01. The summed E-state index contributed by atoms with van der Waals surface area (Å²) in [6.07, 6.45) is 7.80. The van der Waals surface area contributed by atoms with Gasteiger partial charge in [0.25, 0.3) is 5.91 Å². The fraction of sp³-hybridized carbons (Fsp3) is 0.414. The van der Waals surface area contributed by atoms with Gasteiger partial charge in [0.15, 0.2) is 12.0 Å². The Morgan fingerprint density at radius 1 is 1.16 bits per heavy atom. The van der Waals surface area contributed by atoms with Crippen molar-refractivity contribution in [1.82, 2.24) is 10.6 Å². The molecular formula is C29H40F2N6O. The Labute approximate surface area is 224 Å². The van der Waals surface area contributed by atoms with Gasteiger partial charge in [-0.25, -0.2) is 13.8 Å². The van der Waals surface area contributed by atoms with Crippen LogP contribution in [0.25, 0.3) is 0 Å². The number of hydrogen-bond donors (Lipinski definition) is 4. The number of rotatable bonds is 11. The van der Waals surface area contributed by atoms with Gasteiger partial charge in [-0.15, -0.1) is 0 Å². The van der Waals surface area contributed by atoms with Gasteiger partial charge in [0.2, 0.25) is 0 Å². The number of carbonyl (C=O) groups is 1. The summed E-state index contributed by atoms with van der Waals surface area (Å²) in [6, 6.07) is 6.32. The van der Waals surface area contributed by atoms with Gasteiger partial charge in [-0.1, -0.05) is 32.1 Å². The molecule has 5 N–H and O–H groups in total. The second-order valence-electron chi connectivity index (χ2n) is 9.17. The van der Waals surface area contributed by atoms with Crippen LogP contribution < -0.4 is 21.7 Å². The highest BCUT2D eigenvalue weighted by atomic mass is 19.2. The third-order valence-electron chi connectivity index (χ3n) is 6.72. The molecule has 1 aromatic carbocycles. The maximum Gasteiger partial charge on any atom is 0.251 e. The van der Waals surface area contributed by atoms with Gasteiger partial charge in [-0.2, -0.15) is 0 Å². The number of likely N-dealkylation sites (N-methyl/N-ethyl adjacent to an activating group) is 1. The molecule has 0 aliphatic heterocycles. The predicted molar refractivity (Wildman–Crippen MR) is 154 cm³/mol. The zero-order valence-electron chi connectivity index (χ0n) is 23.1. The molecule has 2 unspecified atom stereocenters. The van der Waals surface area contributed by atoms with Crippen LogP contribution in [-0.2, 0) is 0 Å². The number of benzene rings is 1. The number of anilines is 1. The molecule has 0 saturated carbocycles. The molecular weight excluding hydrogens is 486 g/mol. The lowest BCUT2D eigenvalue weighted by atomic mass is 9.92. The maximum absolute atomic E-state index is 14.6. The number of aliphatic imine (C=N–C) groups is 2. The van der Waals surface area contributed by atoms with Crippen molar-refractivity contribution in [3.05, 3.63) is 77.4 Å². The van der Waals surface area contributed by atoms with Crippen LogP contribution in [0.15, 0.2) is 81.9 Å². The van der Waals surface area contributed by atoms with E-state index >= 15 is 0 Å². The summed E-state index contributed by atoms with van der Waals surface area (Å²) in [6.45, 7) is 9.67. The molecule has 0 heterocycles. The Hall–Kier alpha value is -3.43. The quantitative estimate of drug-likeness (QED) is 0.230. The number of hydrogen-bond acceptors (Lipinski definition) is 5. The smallest absolute Gasteiger partial charge is 0.251 e. The van der Waals surface area contributed by atoms with Crippen LogP contribution in [0.1, 0.15) is 57.8 Å². The highest BCUT2D eigenvalue weighted by molar-refractivity contribution is 6.45. The number of allylic oxidation sites excluding steroid dienone is 4. The first-order chi connectivity index (χ1) is 18.1. The normalized spacial score (nSPS) is 19.3. The third kappa shape index (κ3) is 7.79. The van der Waals surface area contributed by atoms with Crippen LogP contribution in [0, 0.1) is 0 Å². The maximum atomic E-state index is 14.6. The number of nitrogens with zero attached hydrogens (tertiary/aromatic N) is 2. The lowest BCUT2D eigenvalue weighted by Gasteiger charge is -2.31. The summed E-state index contributed by atoms with van der Waals surface area (Å²) in [7, 11) is 1.59. The van der Waals surface area contributed by atoms with Crippen molar-refractivity contribution in [2.75, 3.05) is 18.9 Å². The Bertz CT molecular complexity index is 1140. The number of amides is 1. The molecule has 0 spiro atoms. The third-order valence-corrected chi connectivity index (χ3v) is 6.72. The summed E-state index contributed by atoms with van der Waals surface area (Å²) < 4.78 is 28.8. The van der Waals surface area contributed by atoms with Crippen molar-refractivity contribution in [1.29, 1.82) is 0 Å². The van der Waals surface area contributed by atoms with E-state index in [1.807, 2.05) is 20.8 Å². The van der Waals surface area contributed by atoms with Crippen LogP contribution >= 0.6 is 0 Å². The van der Waals surface area contributed by atoms with E-state index in [4.69, 9.17) is 5.73 Å². The largest absolute Gasteiger partial charge is 0.345 e. The number of nitrogens with one attached hydrogen (secondary N) is 3. The molecule has 206 valence electrons. The van der Waals surface area contributed by atoms with E-state index in [2.05, 4.69) is 25.9 Å². The van der Waals surface area contributed by atoms with Crippen LogP contribution in [0.4, 0.5) is 14.5 Å². The second-order valence-corrected chi connectivity index (χ2v) is 9.17. The molecule has 1 aromatic rings. The highest BCUT2D eigenvalue weighted by Crippen LogP contribution is 2.28. The van der Waals surface area contributed by atoms with Gasteiger partial charge in [-0.05, 0) is 70.5 Å². The monoisotopic (exact) mass is 526 g/mol. The molecule has 0 aromatic heterocycles. The fourth-order valence-electron chi connectivity index (χ4n) is 3.86. The summed E-state index contributed by atoms with van der Waals surface area (Å²) in [4.78, 5) is 21.6. The Balaban J connectivity index is 2.22. The molecule has 0 fully saturated rings. The minimum absolute atomic E-state index is 0.179. The average Bonchev–Trinajstić information content (AvgIpc) is 2.94. The van der Waals surface area contributed by atoms with Gasteiger partial charge in [0.1, 0.15) is 5.83 Å². The summed E-state index contributed by atoms with van der Waals surface area (Å²) in [5.41, 5.74) is 7.92. The molecule has 9 heteroatoms. The fourth-order valence-corrected chi connectivity index (χ4v) is 3.86. The lowest BCUT2D eigenvalue weighted by Crippen LogP contribution is -2.52. The van der Waals surface area contributed by atoms with Gasteiger partial charge in [0.05, 0.1) is 17.3 Å². The van der Waals surface area contributed by atoms with Crippen molar-refractivity contribution in [2.24, 2.45) is 15.7 Å². The van der Waals surface area contributed by atoms with Gasteiger partial charge in [-0.3, -0.25) is 9.79 Å². The van der Waals surface area contributed by atoms with E-state index in [1.165, 1.54) is 6.20 Å². The summed E-state index contributed by atoms with van der Waals surface area (Å²) in [5.74, 6) is -0.530. The van der Waals surface area contributed by atoms with Crippen molar-refractivity contribution >= 4 is 23.1 Å². The van der Waals surface area contributed by atoms with Gasteiger partial charge >= 0.3 is 0 Å². The molecule has 38 heavy (non-hydrogen) atoms. The van der Waals surface area contributed by atoms with Gasteiger partial charge < -0.3 is 21.7 Å². The van der Waals surface area contributed by atoms with Crippen LogP contribution in [-0.4, -0.2) is 48.8 Å². The van der Waals surface area contributed by atoms with Crippen LogP contribution in [0.3, 0.4) is 0 Å². The topological polar surface area (TPSA) is 104 Å². The standard InChI is InChI=1S/C29H40F2N6O/c1-7-16-34-27(20(5)35-17-19(4)23-14-15-24(33-6)26(31)25(23)30)36-22-12-10-21(11-13-22)28(38)37-29(8-2,9-3)18-32/h7,10-17,24,26,33H,8-9,18,32H2,1-6H3,(H,34,36)(H,37,38)/b16-7-,19-17+,35-20+. The molecule has 7 nitrogen and oxygen atoms in total. The molecule has 0 bridgehead atoms. The van der Waals surface area contributed by atoms with E-state index in [-0.39, 0.29) is 11.5 Å². The number of alkyl halides is 1. The number of amidine groups is 1. The second kappa shape index (κ2) is 14.5. The zero-order valence-corrected chi connectivity index (χ0v) is 23.1. The average molecular weight is 527 g/mol. The molecule has 0 radical (unpaired) electrons. The van der Waals surface area contributed by atoms with Crippen LogP contribution in [0.5, 0.6) is 0 Å². The Kier molecular flexibility index (Phi) is 11.7. The summed E-state index contributed by atoms with van der Waals surface area (Å²) >= 11 is 0. The Morgan fingerprint density at radius 2 is 1.82 bits per heavy atom. The van der Waals surface area contributed by atoms with Crippen LogP contribution in [0.2, 0.25) is 0 Å². The molecule has 1 aliphatic rings. The van der Waals surface area contributed by atoms with Gasteiger partial charge in [0, 0.05) is 35.8 Å². The van der Waals surface area contributed by atoms with E-state index in [0.717, 1.165) is 12.8 Å². The van der Waals surface area contributed by atoms with E-state index in [9.17, 15) is 13.6 Å². The van der Waals surface area contributed by atoms with Crippen molar-refractivity contribution in [3.63, 3.8) is 0 Å². The zero-order chi connectivity index (χ0) is 28.3. The number of carbonyl (C=O) groups excluding carboxylic acids is 1. The molecule has 2 rings (SSSR count).